The number of aromatic nitrogens is 1. The quantitative estimate of drug-likeness (QED) is 0.286. The highest BCUT2D eigenvalue weighted by Crippen LogP contribution is 2.24. The maximum Gasteiger partial charge on any atom is 0.266 e. The van der Waals surface area contributed by atoms with Crippen LogP contribution in [0.4, 0.5) is 4.39 Å². The van der Waals surface area contributed by atoms with Gasteiger partial charge in [0.05, 0.1) is 22.8 Å². The minimum atomic E-state index is -4.20. The average molecular weight is 387 g/mol. The molecule has 1 aromatic heterocycles. The molecule has 0 aliphatic rings. The van der Waals surface area contributed by atoms with E-state index in [0.717, 1.165) is 27.4 Å². The van der Waals surface area contributed by atoms with Crippen LogP contribution in [0.5, 0.6) is 0 Å². The van der Waals surface area contributed by atoms with Crippen LogP contribution in [0.2, 0.25) is 0 Å². The van der Waals surface area contributed by atoms with Crippen molar-refractivity contribution < 1.29 is 26.7 Å². The number of nitrogens with zero attached hydrogens (tertiary/aromatic N) is 1. The van der Waals surface area contributed by atoms with E-state index in [1.165, 1.54) is 23.5 Å². The standard InChI is InChI=1S/C17H22FNO4S2/c1-3-14(23-4-2)12-17-19(9-5-6-10-25(20,21)22)15-11-13(18)7-8-16(15)24-17/h7-8,11-12H,3-6,9-10H2,1-2H3. The number of hydrogen-bond donors (Lipinski definition) is 0. The van der Waals surface area contributed by atoms with E-state index in [1.54, 1.807) is 6.07 Å². The van der Waals surface area contributed by atoms with E-state index in [0.29, 0.717) is 19.6 Å². The average Bonchev–Trinajstić information content (AvgIpc) is 2.87. The van der Waals surface area contributed by atoms with Crippen molar-refractivity contribution in [1.29, 1.82) is 0 Å². The molecule has 2 rings (SSSR count). The van der Waals surface area contributed by atoms with Crippen LogP contribution in [0, 0.1) is 5.82 Å². The first-order chi connectivity index (χ1) is 11.8. The van der Waals surface area contributed by atoms with Gasteiger partial charge in [0.25, 0.3) is 5.01 Å². The highest BCUT2D eigenvalue weighted by Gasteiger charge is 2.20. The van der Waals surface area contributed by atoms with Gasteiger partial charge in [-0.05, 0) is 25.5 Å². The second-order valence-electron chi connectivity index (χ2n) is 5.57. The lowest BCUT2D eigenvalue weighted by Gasteiger charge is -2.06. The summed E-state index contributed by atoms with van der Waals surface area (Å²) in [5, 5.41) is 0.913. The molecule has 0 amide bonds. The number of ether oxygens (including phenoxy) is 1. The third-order valence-corrected chi connectivity index (χ3v) is 5.58. The van der Waals surface area contributed by atoms with E-state index in [-0.39, 0.29) is 18.0 Å². The molecule has 0 unspecified atom stereocenters. The van der Waals surface area contributed by atoms with Crippen molar-refractivity contribution in [2.45, 2.75) is 39.7 Å². The van der Waals surface area contributed by atoms with Crippen molar-refractivity contribution in [1.82, 2.24) is 0 Å². The van der Waals surface area contributed by atoms with Crippen LogP contribution in [0.15, 0.2) is 24.0 Å². The minimum absolute atomic E-state index is 0.279. The molecule has 0 bridgehead atoms. The molecule has 0 fully saturated rings. The van der Waals surface area contributed by atoms with Crippen molar-refractivity contribution in [2.75, 3.05) is 12.4 Å². The zero-order valence-electron chi connectivity index (χ0n) is 14.3. The van der Waals surface area contributed by atoms with Crippen molar-refractivity contribution >= 4 is 37.7 Å². The molecule has 8 heteroatoms. The molecule has 0 aliphatic heterocycles. The lowest BCUT2D eigenvalue weighted by atomic mass is 10.3. The molecule has 0 N–H and O–H groups in total. The number of benzene rings is 1. The molecule has 1 aromatic carbocycles. The number of allylic oxidation sites excluding steroid dienone is 1. The first-order valence-corrected chi connectivity index (χ1v) is 10.6. The van der Waals surface area contributed by atoms with E-state index >= 15 is 0 Å². The van der Waals surface area contributed by atoms with Crippen molar-refractivity contribution in [3.8, 4) is 0 Å². The van der Waals surface area contributed by atoms with Gasteiger partial charge in [0, 0.05) is 24.7 Å². The van der Waals surface area contributed by atoms with E-state index in [4.69, 9.17) is 4.74 Å². The third-order valence-electron chi connectivity index (χ3n) is 3.68. The number of thiazole rings is 1. The predicted octanol–water partition coefficient (Wildman–Crippen LogP) is 3.44. The van der Waals surface area contributed by atoms with Gasteiger partial charge < -0.3 is 9.29 Å². The molecule has 5 nitrogen and oxygen atoms in total. The molecule has 0 saturated carbocycles. The summed E-state index contributed by atoms with van der Waals surface area (Å²) in [6.45, 7) is 4.99. The fourth-order valence-corrected chi connectivity index (χ4v) is 4.21. The number of fused-ring (bicyclic) bond motifs is 1. The number of hydrogen-bond acceptors (Lipinski definition) is 5. The molecule has 2 aromatic rings. The van der Waals surface area contributed by atoms with Crippen LogP contribution in [0.25, 0.3) is 16.3 Å². The lowest BCUT2D eigenvalue weighted by molar-refractivity contribution is -0.669. The Hall–Kier alpha value is -1.51. The van der Waals surface area contributed by atoms with E-state index in [9.17, 15) is 17.4 Å². The molecular weight excluding hydrogens is 365 g/mol. The van der Waals surface area contributed by atoms with Crippen LogP contribution >= 0.6 is 11.3 Å². The van der Waals surface area contributed by atoms with Crippen LogP contribution in [-0.4, -0.2) is 25.3 Å². The minimum Gasteiger partial charge on any atom is -0.748 e. The fraction of sp³-hybridized carbons (Fsp3) is 0.471. The Balaban J connectivity index is 2.33. The van der Waals surface area contributed by atoms with Gasteiger partial charge in [-0.3, -0.25) is 0 Å². The summed E-state index contributed by atoms with van der Waals surface area (Å²) >= 11 is 1.53. The van der Waals surface area contributed by atoms with E-state index in [1.807, 2.05) is 24.5 Å². The van der Waals surface area contributed by atoms with Crippen molar-refractivity contribution in [3.05, 3.63) is 34.8 Å². The number of halogens is 1. The number of rotatable bonds is 9. The summed E-state index contributed by atoms with van der Waals surface area (Å²) in [5.41, 5.74) is 0.758. The summed E-state index contributed by atoms with van der Waals surface area (Å²) in [6, 6.07) is 4.63. The van der Waals surface area contributed by atoms with Gasteiger partial charge in [-0.25, -0.2) is 12.8 Å². The smallest absolute Gasteiger partial charge is 0.266 e. The molecule has 0 aliphatic carbocycles. The molecule has 25 heavy (non-hydrogen) atoms. The van der Waals surface area contributed by atoms with Crippen molar-refractivity contribution in [2.24, 2.45) is 0 Å². The Kier molecular flexibility index (Phi) is 6.92. The number of unbranched alkanes of at least 4 members (excludes halogenated alkanes) is 1. The van der Waals surface area contributed by atoms with E-state index < -0.39 is 10.1 Å². The van der Waals surface area contributed by atoms with Crippen LogP contribution in [0.1, 0.15) is 38.1 Å². The zero-order valence-corrected chi connectivity index (χ0v) is 16.0. The summed E-state index contributed by atoms with van der Waals surface area (Å²) < 4.78 is 54.4. The maximum absolute atomic E-state index is 13.7. The number of aryl methyl sites for hydroxylation is 1. The fourth-order valence-electron chi connectivity index (χ4n) is 2.53. The van der Waals surface area contributed by atoms with Gasteiger partial charge in [-0.2, -0.15) is 4.57 Å². The summed E-state index contributed by atoms with van der Waals surface area (Å²) in [7, 11) is -4.20. The second-order valence-corrected chi connectivity index (χ2v) is 8.16. The lowest BCUT2D eigenvalue weighted by Crippen LogP contribution is -2.35. The Morgan fingerprint density at radius 1 is 1.36 bits per heavy atom. The van der Waals surface area contributed by atoms with Gasteiger partial charge in [-0.1, -0.05) is 18.3 Å². The maximum atomic E-state index is 13.7. The van der Waals surface area contributed by atoms with E-state index in [2.05, 4.69) is 0 Å². The zero-order chi connectivity index (χ0) is 18.4. The Labute approximate surface area is 151 Å². The summed E-state index contributed by atoms with van der Waals surface area (Å²) in [6.07, 6.45) is 3.48. The molecule has 0 atom stereocenters. The van der Waals surface area contributed by atoms with Crippen LogP contribution in [-0.2, 0) is 21.4 Å². The summed E-state index contributed by atoms with van der Waals surface area (Å²) in [5.74, 6) is 0.136. The van der Waals surface area contributed by atoms with Gasteiger partial charge in [0.1, 0.15) is 16.3 Å². The molecular formula is C17H22FNO4S2. The SMILES string of the molecule is CCOC(=Cc1sc2ccc(F)cc2[n+]1CCCCS(=O)(=O)[O-])CC. The van der Waals surface area contributed by atoms with Crippen LogP contribution < -0.4 is 4.57 Å². The normalized spacial score (nSPS) is 12.7. The molecule has 0 radical (unpaired) electrons. The molecule has 1 heterocycles. The molecule has 138 valence electrons. The van der Waals surface area contributed by atoms with Crippen molar-refractivity contribution in [3.63, 3.8) is 0 Å². The van der Waals surface area contributed by atoms with Gasteiger partial charge >= 0.3 is 0 Å². The third kappa shape index (κ3) is 5.76. The summed E-state index contributed by atoms with van der Waals surface area (Å²) in [4.78, 5) is 0. The molecule has 0 saturated heterocycles. The largest absolute Gasteiger partial charge is 0.748 e. The Bertz CT molecular complexity index is 859. The Morgan fingerprint density at radius 3 is 2.76 bits per heavy atom. The second kappa shape index (κ2) is 8.73. The monoisotopic (exact) mass is 387 g/mol. The van der Waals surface area contributed by atoms with Gasteiger partial charge in [-0.15, -0.1) is 0 Å². The molecule has 0 spiro atoms. The highest BCUT2D eigenvalue weighted by atomic mass is 32.2. The topological polar surface area (TPSA) is 70.3 Å². The first kappa shape index (κ1) is 19.8. The van der Waals surface area contributed by atoms with Crippen LogP contribution in [0.3, 0.4) is 0 Å². The Morgan fingerprint density at radius 2 is 2.12 bits per heavy atom. The predicted molar refractivity (Wildman–Crippen MR) is 95.7 cm³/mol. The van der Waals surface area contributed by atoms with Gasteiger partial charge in [0.15, 0.2) is 6.54 Å². The highest BCUT2D eigenvalue weighted by molar-refractivity contribution is 7.85. The first-order valence-electron chi connectivity index (χ1n) is 8.23. The van der Waals surface area contributed by atoms with Gasteiger partial charge in [0.2, 0.25) is 5.52 Å².